The number of thioether (sulfide) groups is 1. The second kappa shape index (κ2) is 8.46. The lowest BCUT2D eigenvalue weighted by molar-refractivity contribution is -0.228. The van der Waals surface area contributed by atoms with Crippen LogP contribution >= 0.6 is 11.8 Å². The summed E-state index contributed by atoms with van der Waals surface area (Å²) < 4.78 is 43.9. The Hall–Kier alpha value is -2.07. The summed E-state index contributed by atoms with van der Waals surface area (Å²) in [7, 11) is 0. The van der Waals surface area contributed by atoms with Crippen molar-refractivity contribution in [3.05, 3.63) is 23.8 Å². The van der Waals surface area contributed by atoms with Crippen LogP contribution in [0.3, 0.4) is 0 Å². The Labute approximate surface area is 218 Å². The molecule has 4 aliphatic carbocycles. The molecule has 3 saturated carbocycles. The average molecular weight is 539 g/mol. The molecule has 37 heavy (non-hydrogen) atoms. The highest BCUT2D eigenvalue weighted by atomic mass is 32.2. The molecule has 1 saturated heterocycles. The number of carbonyl (C=O) groups excluding carboxylic acids is 4. The number of hydrogen-bond acceptors (Lipinski definition) is 8. The molecule has 7 nitrogen and oxygen atoms in total. The molecule has 1 unspecified atom stereocenters. The fraction of sp³-hybridized carbons (Fsp3) is 0.704. The monoisotopic (exact) mass is 538 g/mol. The molecule has 0 radical (unpaired) electrons. The lowest BCUT2D eigenvalue weighted by Crippen LogP contribution is -2.70. The van der Waals surface area contributed by atoms with Crippen LogP contribution in [0.25, 0.3) is 0 Å². The maximum atomic E-state index is 17.4. The number of aliphatic hydroxyl groups is 1. The van der Waals surface area contributed by atoms with E-state index in [0.29, 0.717) is 6.42 Å². The average Bonchev–Trinajstić information content (AvgIpc) is 3.30. The van der Waals surface area contributed by atoms with Crippen LogP contribution in [0, 0.1) is 28.6 Å². The number of fused-ring (bicyclic) bond motifs is 5. The van der Waals surface area contributed by atoms with Crippen molar-refractivity contribution in [3.8, 4) is 0 Å². The molecule has 1 N–H and O–H groups in total. The van der Waals surface area contributed by atoms with Crippen molar-refractivity contribution in [2.24, 2.45) is 28.6 Å². The second-order valence-corrected chi connectivity index (χ2v) is 12.9. The predicted molar refractivity (Wildman–Crippen MR) is 130 cm³/mol. The molecule has 202 valence electrons. The van der Waals surface area contributed by atoms with Crippen molar-refractivity contribution in [3.63, 3.8) is 0 Å². The first-order valence-corrected chi connectivity index (χ1v) is 13.6. The summed E-state index contributed by atoms with van der Waals surface area (Å²) in [5, 5.41) is 10.2. The zero-order chi connectivity index (χ0) is 27.1. The molecule has 0 amide bonds. The fourth-order valence-corrected chi connectivity index (χ4v) is 9.53. The van der Waals surface area contributed by atoms with Gasteiger partial charge in [0.2, 0.25) is 5.12 Å². The van der Waals surface area contributed by atoms with Crippen molar-refractivity contribution in [2.75, 3.05) is 6.61 Å². The summed E-state index contributed by atoms with van der Waals surface area (Å²) in [6.07, 6.45) is 0.568. The van der Waals surface area contributed by atoms with Gasteiger partial charge in [0.1, 0.15) is 11.4 Å². The van der Waals surface area contributed by atoms with E-state index in [-0.39, 0.29) is 31.4 Å². The molecule has 5 rings (SSSR count). The largest absolute Gasteiger partial charge is 0.465 e. The molecule has 0 aromatic rings. The van der Waals surface area contributed by atoms with Crippen LogP contribution in [0.1, 0.15) is 53.4 Å². The van der Waals surface area contributed by atoms with Gasteiger partial charge in [-0.25, -0.2) is 8.78 Å². The molecule has 10 atom stereocenters. The topological polar surface area (TPSA) is 107 Å². The lowest BCUT2D eigenvalue weighted by Gasteiger charge is -2.63. The number of ether oxygens (including phenoxy) is 2. The zero-order valence-electron chi connectivity index (χ0n) is 21.3. The van der Waals surface area contributed by atoms with Gasteiger partial charge in [-0.1, -0.05) is 31.7 Å². The first-order valence-electron chi connectivity index (χ1n) is 12.8. The van der Waals surface area contributed by atoms with Gasteiger partial charge in [0, 0.05) is 36.0 Å². The van der Waals surface area contributed by atoms with E-state index in [0.717, 1.165) is 17.8 Å². The van der Waals surface area contributed by atoms with Crippen LogP contribution in [-0.4, -0.2) is 63.3 Å². The van der Waals surface area contributed by atoms with Gasteiger partial charge < -0.3 is 14.6 Å². The van der Waals surface area contributed by atoms with Crippen LogP contribution < -0.4 is 0 Å². The fourth-order valence-electron chi connectivity index (χ4n) is 8.25. The quantitative estimate of drug-likeness (QED) is 0.545. The number of aliphatic hydroxyl groups excluding tert-OH is 1. The Morgan fingerprint density at radius 3 is 2.54 bits per heavy atom. The third-order valence-electron chi connectivity index (χ3n) is 9.91. The Kier molecular flexibility index (Phi) is 6.07. The van der Waals surface area contributed by atoms with Crippen molar-refractivity contribution in [1.82, 2.24) is 0 Å². The summed E-state index contributed by atoms with van der Waals surface area (Å²) in [5.41, 5.74) is -6.81. The standard InChI is InChI=1S/C27H32F2O7S/c1-13-9-16-17-11-19(28)18-10-15(31)5-7-24(18,3)26(17,29)21(32)12-25(16,4)27(13,36-14(2)30)23(34)37-20-6-8-35-22(20)33/h5,7,10,13,16-17,19-21,32H,6,8-9,11-12H2,1-4H3/t13-,16+,17+,19+,20?,21+,24+,25+,26-,27+/m1/s1. The lowest BCUT2D eigenvalue weighted by atomic mass is 9.44. The molecular formula is C27H32F2O7S. The maximum Gasteiger partial charge on any atom is 0.319 e. The molecule has 1 heterocycles. The predicted octanol–water partition coefficient (Wildman–Crippen LogP) is 3.43. The minimum Gasteiger partial charge on any atom is -0.465 e. The van der Waals surface area contributed by atoms with E-state index in [2.05, 4.69) is 0 Å². The zero-order valence-corrected chi connectivity index (χ0v) is 22.1. The summed E-state index contributed by atoms with van der Waals surface area (Å²) >= 11 is 0.761. The minimum atomic E-state index is -2.31. The first-order chi connectivity index (χ1) is 17.2. The normalized spacial score (nSPS) is 48.5. The SMILES string of the molecule is CC(=O)O[C@]1(C(=O)SC2CCOC2=O)[C@H](C)C[C@H]2[C@@H]3C[C@H](F)C4=CC(=O)C=C[C@]4(C)[C@]3(F)[C@@H](O)C[C@@]21C. The number of halogens is 2. The summed E-state index contributed by atoms with van der Waals surface area (Å²) in [4.78, 5) is 50.5. The molecule has 1 aliphatic heterocycles. The number of ketones is 1. The number of allylic oxidation sites excluding steroid dienone is 4. The first kappa shape index (κ1) is 26.5. The molecule has 0 spiro atoms. The minimum absolute atomic E-state index is 0.0186. The third kappa shape index (κ3) is 3.33. The third-order valence-corrected chi connectivity index (χ3v) is 11.1. The number of rotatable bonds is 3. The number of carbonyl (C=O) groups is 4. The van der Waals surface area contributed by atoms with Gasteiger partial charge in [0.05, 0.1) is 12.7 Å². The molecule has 10 heteroatoms. The molecule has 4 fully saturated rings. The molecule has 5 aliphatic rings. The number of esters is 2. The molecule has 0 aromatic heterocycles. The van der Waals surface area contributed by atoms with Gasteiger partial charge in [-0.3, -0.25) is 19.2 Å². The highest BCUT2D eigenvalue weighted by Gasteiger charge is 2.78. The van der Waals surface area contributed by atoms with Crippen LogP contribution in [0.5, 0.6) is 0 Å². The Bertz CT molecular complexity index is 1140. The summed E-state index contributed by atoms with van der Waals surface area (Å²) in [6.45, 7) is 6.33. The van der Waals surface area contributed by atoms with Crippen LogP contribution in [-0.2, 0) is 28.7 Å². The van der Waals surface area contributed by atoms with Crippen LogP contribution in [0.2, 0.25) is 0 Å². The Balaban J connectivity index is 1.61. The Morgan fingerprint density at radius 2 is 1.92 bits per heavy atom. The number of cyclic esters (lactones) is 1. The van der Waals surface area contributed by atoms with Crippen LogP contribution in [0.15, 0.2) is 23.8 Å². The number of hydrogen-bond donors (Lipinski definition) is 1. The van der Waals surface area contributed by atoms with Gasteiger partial charge in [-0.05, 0) is 49.8 Å². The summed E-state index contributed by atoms with van der Waals surface area (Å²) in [5.74, 6) is -3.86. The Morgan fingerprint density at radius 1 is 1.22 bits per heavy atom. The van der Waals surface area contributed by atoms with Crippen molar-refractivity contribution >= 4 is 34.6 Å². The molecule has 0 aromatic carbocycles. The van der Waals surface area contributed by atoms with E-state index in [1.54, 1.807) is 13.8 Å². The van der Waals surface area contributed by atoms with Crippen molar-refractivity contribution in [2.45, 2.75) is 82.2 Å². The van der Waals surface area contributed by atoms with Crippen molar-refractivity contribution in [1.29, 1.82) is 0 Å². The van der Waals surface area contributed by atoms with Crippen molar-refractivity contribution < 1.29 is 42.5 Å². The van der Waals surface area contributed by atoms with Gasteiger partial charge >= 0.3 is 11.9 Å². The molecule has 0 bridgehead atoms. The molecular weight excluding hydrogens is 506 g/mol. The summed E-state index contributed by atoms with van der Waals surface area (Å²) in [6, 6.07) is 0. The van der Waals surface area contributed by atoms with Gasteiger partial charge in [-0.15, -0.1) is 0 Å². The van der Waals surface area contributed by atoms with E-state index in [1.165, 1.54) is 26.0 Å². The number of alkyl halides is 2. The van der Waals surface area contributed by atoms with Crippen LogP contribution in [0.4, 0.5) is 8.78 Å². The van der Waals surface area contributed by atoms with Gasteiger partial charge in [0.15, 0.2) is 17.1 Å². The smallest absolute Gasteiger partial charge is 0.319 e. The highest BCUT2D eigenvalue weighted by Crippen LogP contribution is 2.72. The van der Waals surface area contributed by atoms with E-state index in [4.69, 9.17) is 9.47 Å². The van der Waals surface area contributed by atoms with E-state index < -0.39 is 80.2 Å². The van der Waals surface area contributed by atoms with E-state index in [1.807, 2.05) is 0 Å². The van der Waals surface area contributed by atoms with E-state index >= 15 is 8.78 Å². The second-order valence-electron chi connectivity index (χ2n) is 11.7. The van der Waals surface area contributed by atoms with Gasteiger partial charge in [-0.2, -0.15) is 0 Å². The van der Waals surface area contributed by atoms with E-state index in [9.17, 15) is 24.3 Å². The van der Waals surface area contributed by atoms with Gasteiger partial charge in [0.25, 0.3) is 0 Å². The highest BCUT2D eigenvalue weighted by molar-refractivity contribution is 8.14. The maximum absolute atomic E-state index is 17.4.